The largest absolute Gasteiger partial charge is 0.467 e. The summed E-state index contributed by atoms with van der Waals surface area (Å²) in [5.74, 6) is 0.340. The third-order valence-electron chi connectivity index (χ3n) is 3.34. The topological polar surface area (TPSA) is 44.1 Å². The van der Waals surface area contributed by atoms with Crippen molar-refractivity contribution in [2.45, 2.75) is 72.3 Å². The van der Waals surface area contributed by atoms with E-state index in [2.05, 4.69) is 5.10 Å². The normalized spacial score (nSPS) is 15.5. The Morgan fingerprint density at radius 3 is 2.35 bits per heavy atom. The van der Waals surface area contributed by atoms with E-state index in [0.717, 1.165) is 5.69 Å². The quantitative estimate of drug-likeness (QED) is 0.775. The maximum Gasteiger partial charge on any atom is 0.330 e. The van der Waals surface area contributed by atoms with Crippen molar-refractivity contribution in [1.29, 1.82) is 0 Å². The molecule has 0 aromatic carbocycles. The van der Waals surface area contributed by atoms with Gasteiger partial charge in [-0.25, -0.2) is 4.79 Å². The van der Waals surface area contributed by atoms with Crippen LogP contribution >= 0.6 is 0 Å². The first kappa shape index (κ1) is 18.7. The minimum atomic E-state index is -0.333. The van der Waals surface area contributed by atoms with Gasteiger partial charge in [0.25, 0.3) is 0 Å². The molecule has 4 nitrogen and oxygen atoms in total. The summed E-state index contributed by atoms with van der Waals surface area (Å²) in [5, 5.41) is 4.48. The van der Waals surface area contributed by atoms with Crippen molar-refractivity contribution in [1.82, 2.24) is 9.78 Å². The van der Waals surface area contributed by atoms with Gasteiger partial charge in [0.15, 0.2) is 0 Å². The molecule has 4 heteroatoms. The number of carbonyl (C=O) groups excluding carboxylic acids is 1. The van der Waals surface area contributed by atoms with Crippen LogP contribution in [0.15, 0.2) is 12.3 Å². The lowest BCUT2D eigenvalue weighted by Gasteiger charge is -2.10. The molecule has 20 heavy (non-hydrogen) atoms. The SMILES string of the molecule is CC.CC.COC(=O)C(C)n1ccc(C2CCCC2)n1. The summed E-state index contributed by atoms with van der Waals surface area (Å²) in [4.78, 5) is 11.4. The summed E-state index contributed by atoms with van der Waals surface area (Å²) >= 11 is 0. The fourth-order valence-corrected chi connectivity index (χ4v) is 2.29. The van der Waals surface area contributed by atoms with Crippen molar-refractivity contribution in [2.24, 2.45) is 0 Å². The van der Waals surface area contributed by atoms with Gasteiger partial charge in [0.1, 0.15) is 6.04 Å². The van der Waals surface area contributed by atoms with Gasteiger partial charge >= 0.3 is 5.97 Å². The number of aromatic nitrogens is 2. The highest BCUT2D eigenvalue weighted by Gasteiger charge is 2.21. The molecule has 0 bridgehead atoms. The molecule has 1 aliphatic rings. The smallest absolute Gasteiger partial charge is 0.330 e. The molecular weight excluding hydrogens is 252 g/mol. The van der Waals surface area contributed by atoms with Crippen LogP contribution in [0.3, 0.4) is 0 Å². The van der Waals surface area contributed by atoms with Crippen molar-refractivity contribution in [3.8, 4) is 0 Å². The molecule has 1 heterocycles. The van der Waals surface area contributed by atoms with E-state index in [4.69, 9.17) is 4.74 Å². The van der Waals surface area contributed by atoms with Crippen LogP contribution in [0.25, 0.3) is 0 Å². The number of ether oxygens (including phenoxy) is 1. The van der Waals surface area contributed by atoms with Crippen LogP contribution in [0.1, 0.15) is 78.0 Å². The van der Waals surface area contributed by atoms with Crippen LogP contribution in [-0.4, -0.2) is 22.9 Å². The fraction of sp³-hybridized carbons (Fsp3) is 0.750. The van der Waals surface area contributed by atoms with Gasteiger partial charge < -0.3 is 4.74 Å². The average molecular weight is 282 g/mol. The molecule has 116 valence electrons. The minimum Gasteiger partial charge on any atom is -0.467 e. The lowest BCUT2D eigenvalue weighted by molar-refractivity contribution is -0.144. The van der Waals surface area contributed by atoms with Gasteiger partial charge in [0.05, 0.1) is 12.8 Å². The average Bonchev–Trinajstić information content (AvgIpc) is 3.20. The van der Waals surface area contributed by atoms with Gasteiger partial charge in [-0.15, -0.1) is 0 Å². The lowest BCUT2D eigenvalue weighted by atomic mass is 10.1. The molecule has 0 spiro atoms. The lowest BCUT2D eigenvalue weighted by Crippen LogP contribution is -2.18. The molecule has 0 saturated heterocycles. The third kappa shape index (κ3) is 4.99. The number of hydrogen-bond donors (Lipinski definition) is 0. The molecule has 1 aromatic rings. The van der Waals surface area contributed by atoms with E-state index in [0.29, 0.717) is 5.92 Å². The van der Waals surface area contributed by atoms with Gasteiger partial charge in [0, 0.05) is 12.1 Å². The molecular formula is C16H30N2O2. The van der Waals surface area contributed by atoms with Crippen molar-refractivity contribution in [3.05, 3.63) is 18.0 Å². The Kier molecular flexibility index (Phi) is 9.77. The zero-order valence-electron chi connectivity index (χ0n) is 13.8. The highest BCUT2D eigenvalue weighted by Crippen LogP contribution is 2.33. The molecule has 1 saturated carbocycles. The van der Waals surface area contributed by atoms with Crippen molar-refractivity contribution < 1.29 is 9.53 Å². The monoisotopic (exact) mass is 282 g/mol. The van der Waals surface area contributed by atoms with Gasteiger partial charge in [0.2, 0.25) is 0 Å². The van der Waals surface area contributed by atoms with Crippen LogP contribution in [0.2, 0.25) is 0 Å². The summed E-state index contributed by atoms with van der Waals surface area (Å²) in [6.07, 6.45) is 6.91. The predicted octanol–water partition coefficient (Wildman–Crippen LogP) is 4.33. The van der Waals surface area contributed by atoms with E-state index in [1.807, 2.05) is 40.0 Å². The van der Waals surface area contributed by atoms with Crippen LogP contribution in [0.5, 0.6) is 0 Å². The summed E-state index contributed by atoms with van der Waals surface area (Å²) in [7, 11) is 1.40. The van der Waals surface area contributed by atoms with E-state index in [1.165, 1.54) is 32.8 Å². The number of methoxy groups -OCH3 is 1. The Hall–Kier alpha value is -1.32. The number of nitrogens with zero attached hydrogens (tertiary/aromatic N) is 2. The Morgan fingerprint density at radius 1 is 1.30 bits per heavy atom. The summed E-state index contributed by atoms with van der Waals surface area (Å²) in [6, 6.07) is 1.69. The summed E-state index contributed by atoms with van der Waals surface area (Å²) in [6.45, 7) is 9.80. The highest BCUT2D eigenvalue weighted by molar-refractivity contribution is 5.73. The maximum absolute atomic E-state index is 11.4. The Balaban J connectivity index is 0.000000829. The number of esters is 1. The zero-order valence-corrected chi connectivity index (χ0v) is 13.8. The highest BCUT2D eigenvalue weighted by atomic mass is 16.5. The van der Waals surface area contributed by atoms with Crippen molar-refractivity contribution in [2.75, 3.05) is 7.11 Å². The molecule has 1 unspecified atom stereocenters. The van der Waals surface area contributed by atoms with Crippen molar-refractivity contribution in [3.63, 3.8) is 0 Å². The van der Waals surface area contributed by atoms with Crippen LogP contribution < -0.4 is 0 Å². The van der Waals surface area contributed by atoms with E-state index in [1.54, 1.807) is 11.6 Å². The second-order valence-corrected chi connectivity index (χ2v) is 4.40. The molecule has 2 rings (SSSR count). The number of carbonyl (C=O) groups is 1. The molecule has 0 N–H and O–H groups in total. The molecule has 1 fully saturated rings. The molecule has 1 atom stereocenters. The second-order valence-electron chi connectivity index (χ2n) is 4.40. The summed E-state index contributed by atoms with van der Waals surface area (Å²) < 4.78 is 6.40. The van der Waals surface area contributed by atoms with Crippen molar-refractivity contribution >= 4 is 5.97 Å². The van der Waals surface area contributed by atoms with E-state index in [-0.39, 0.29) is 12.0 Å². The first-order chi connectivity index (χ1) is 9.72. The van der Waals surface area contributed by atoms with Gasteiger partial charge in [-0.3, -0.25) is 4.68 Å². The van der Waals surface area contributed by atoms with Gasteiger partial charge in [-0.05, 0) is 25.8 Å². The third-order valence-corrected chi connectivity index (χ3v) is 3.34. The fourth-order valence-electron chi connectivity index (χ4n) is 2.29. The molecule has 1 aliphatic carbocycles. The van der Waals surface area contributed by atoms with Crippen LogP contribution in [-0.2, 0) is 9.53 Å². The Morgan fingerprint density at radius 2 is 1.85 bits per heavy atom. The van der Waals surface area contributed by atoms with Gasteiger partial charge in [-0.2, -0.15) is 5.10 Å². The summed E-state index contributed by atoms with van der Waals surface area (Å²) in [5.41, 5.74) is 1.12. The molecule has 1 aromatic heterocycles. The Labute approximate surface area is 123 Å². The van der Waals surface area contributed by atoms with Crippen LogP contribution in [0, 0.1) is 0 Å². The predicted molar refractivity (Wildman–Crippen MR) is 82.9 cm³/mol. The Bertz CT molecular complexity index is 368. The van der Waals surface area contributed by atoms with Gasteiger partial charge in [-0.1, -0.05) is 40.5 Å². The van der Waals surface area contributed by atoms with E-state index < -0.39 is 0 Å². The first-order valence-electron chi connectivity index (χ1n) is 7.85. The minimum absolute atomic E-state index is 0.249. The first-order valence-corrected chi connectivity index (χ1v) is 7.85. The second kappa shape index (κ2) is 10.5. The number of hydrogen-bond acceptors (Lipinski definition) is 3. The maximum atomic E-state index is 11.4. The van der Waals surface area contributed by atoms with E-state index >= 15 is 0 Å². The molecule has 0 amide bonds. The standard InChI is InChI=1S/C12H18N2O2.2C2H6/c1-9(12(15)16-2)14-8-7-11(13-14)10-5-3-4-6-10;2*1-2/h7-10H,3-6H2,1-2H3;2*1-2H3. The zero-order chi connectivity index (χ0) is 15.5. The molecule has 0 aliphatic heterocycles. The molecule has 0 radical (unpaired) electrons. The van der Waals surface area contributed by atoms with Crippen LogP contribution in [0.4, 0.5) is 0 Å². The van der Waals surface area contributed by atoms with E-state index in [9.17, 15) is 4.79 Å². The number of rotatable bonds is 3.